The van der Waals surface area contributed by atoms with Crippen LogP contribution in [0.15, 0.2) is 23.1 Å². The predicted molar refractivity (Wildman–Crippen MR) is 67.6 cm³/mol. The van der Waals surface area contributed by atoms with Gasteiger partial charge in [0.1, 0.15) is 11.6 Å². The second-order valence-electron chi connectivity index (χ2n) is 4.28. The van der Waals surface area contributed by atoms with Crippen molar-refractivity contribution < 1.29 is 27.1 Å². The third-order valence-electron chi connectivity index (χ3n) is 2.65. The van der Waals surface area contributed by atoms with E-state index in [1.54, 1.807) is 6.92 Å². The van der Waals surface area contributed by atoms with E-state index in [1.165, 1.54) is 0 Å². The molecular weight excluding hydrogens is 292 g/mol. The minimum absolute atomic E-state index is 0.301. The minimum atomic E-state index is -4.15. The molecule has 0 aliphatic rings. The number of hydrogen-bond donors (Lipinski definition) is 2. The Balaban J connectivity index is 2.86. The van der Waals surface area contributed by atoms with E-state index < -0.39 is 38.4 Å². The van der Waals surface area contributed by atoms with Crippen LogP contribution in [-0.2, 0) is 14.8 Å². The molecular formula is C12H15F2NO4S. The van der Waals surface area contributed by atoms with E-state index in [2.05, 4.69) is 4.72 Å². The first-order chi connectivity index (χ1) is 9.26. The molecule has 20 heavy (non-hydrogen) atoms. The fourth-order valence-electron chi connectivity index (χ4n) is 1.64. The average Bonchev–Trinajstić information content (AvgIpc) is 2.32. The molecule has 0 saturated carbocycles. The summed E-state index contributed by atoms with van der Waals surface area (Å²) in [6.45, 7) is 1.44. The van der Waals surface area contributed by atoms with Crippen LogP contribution in [0.2, 0.25) is 0 Å². The monoisotopic (exact) mass is 307 g/mol. The number of carboxylic acids is 1. The molecule has 1 rings (SSSR count). The number of hydrogen-bond acceptors (Lipinski definition) is 3. The first-order valence-electron chi connectivity index (χ1n) is 5.95. The van der Waals surface area contributed by atoms with Gasteiger partial charge < -0.3 is 5.11 Å². The molecule has 0 fully saturated rings. The second kappa shape index (κ2) is 6.76. The summed E-state index contributed by atoms with van der Waals surface area (Å²) in [5.74, 6) is -4.05. The van der Waals surface area contributed by atoms with E-state index in [0.717, 1.165) is 0 Å². The lowest BCUT2D eigenvalue weighted by Gasteiger charge is -2.12. The molecule has 0 aliphatic heterocycles. The van der Waals surface area contributed by atoms with Gasteiger partial charge in [-0.1, -0.05) is 13.3 Å². The van der Waals surface area contributed by atoms with Crippen LogP contribution in [0.5, 0.6) is 0 Å². The molecule has 112 valence electrons. The number of carboxylic acid groups (broad SMARTS) is 1. The van der Waals surface area contributed by atoms with Gasteiger partial charge in [0.05, 0.1) is 10.8 Å². The third-order valence-corrected chi connectivity index (χ3v) is 4.06. The first kappa shape index (κ1) is 16.5. The SMILES string of the molecule is CCCC(CNS(=O)(=O)c1cc(F)cc(F)c1)C(=O)O. The molecule has 2 N–H and O–H groups in total. The molecule has 0 spiro atoms. The van der Waals surface area contributed by atoms with Gasteiger partial charge in [0.2, 0.25) is 10.0 Å². The zero-order chi connectivity index (χ0) is 15.3. The first-order valence-corrected chi connectivity index (χ1v) is 7.43. The molecule has 1 atom stereocenters. The van der Waals surface area contributed by atoms with Crippen molar-refractivity contribution in [3.05, 3.63) is 29.8 Å². The second-order valence-corrected chi connectivity index (χ2v) is 6.05. The Hall–Kier alpha value is -1.54. The van der Waals surface area contributed by atoms with E-state index in [-0.39, 0.29) is 6.54 Å². The quantitative estimate of drug-likeness (QED) is 0.804. The van der Waals surface area contributed by atoms with Crippen LogP contribution >= 0.6 is 0 Å². The number of benzene rings is 1. The van der Waals surface area contributed by atoms with Crippen LogP contribution in [-0.4, -0.2) is 26.0 Å². The van der Waals surface area contributed by atoms with Gasteiger partial charge in [0.25, 0.3) is 0 Å². The van der Waals surface area contributed by atoms with E-state index in [9.17, 15) is 22.0 Å². The van der Waals surface area contributed by atoms with Crippen molar-refractivity contribution in [3.63, 3.8) is 0 Å². The summed E-state index contributed by atoms with van der Waals surface area (Å²) in [7, 11) is -4.15. The Morgan fingerprint density at radius 3 is 2.30 bits per heavy atom. The highest BCUT2D eigenvalue weighted by molar-refractivity contribution is 7.89. The molecule has 0 amide bonds. The molecule has 0 radical (unpaired) electrons. The summed E-state index contributed by atoms with van der Waals surface area (Å²) < 4.78 is 51.7. The fourth-order valence-corrected chi connectivity index (χ4v) is 2.76. The Kier molecular flexibility index (Phi) is 5.58. The van der Waals surface area contributed by atoms with Gasteiger partial charge in [-0.3, -0.25) is 4.79 Å². The predicted octanol–water partition coefficient (Wildman–Crippen LogP) is 1.74. The molecule has 1 aromatic rings. The maximum absolute atomic E-state index is 13.0. The van der Waals surface area contributed by atoms with Gasteiger partial charge in [-0.15, -0.1) is 0 Å². The summed E-state index contributed by atoms with van der Waals surface area (Å²) in [4.78, 5) is 10.3. The molecule has 1 aromatic carbocycles. The molecule has 5 nitrogen and oxygen atoms in total. The van der Waals surface area contributed by atoms with Crippen molar-refractivity contribution in [2.45, 2.75) is 24.7 Å². The summed E-state index contributed by atoms with van der Waals surface area (Å²) in [6, 6.07) is 1.89. The molecule has 8 heteroatoms. The topological polar surface area (TPSA) is 83.5 Å². The lowest BCUT2D eigenvalue weighted by Crippen LogP contribution is -2.33. The van der Waals surface area contributed by atoms with E-state index in [1.807, 2.05) is 0 Å². The highest BCUT2D eigenvalue weighted by Crippen LogP contribution is 2.14. The number of sulfonamides is 1. The largest absolute Gasteiger partial charge is 0.481 e. The lowest BCUT2D eigenvalue weighted by atomic mass is 10.1. The Bertz CT molecular complexity index is 569. The maximum Gasteiger partial charge on any atom is 0.307 e. The Labute approximate surface area is 115 Å². The number of carbonyl (C=O) groups is 1. The highest BCUT2D eigenvalue weighted by atomic mass is 32.2. The molecule has 1 unspecified atom stereocenters. The van der Waals surface area contributed by atoms with Gasteiger partial charge in [-0.05, 0) is 18.6 Å². The van der Waals surface area contributed by atoms with Gasteiger partial charge >= 0.3 is 5.97 Å². The number of aliphatic carboxylic acids is 1. The smallest absolute Gasteiger partial charge is 0.307 e. The van der Waals surface area contributed by atoms with Crippen molar-refractivity contribution in [3.8, 4) is 0 Å². The average molecular weight is 307 g/mol. The molecule has 0 heterocycles. The van der Waals surface area contributed by atoms with E-state index in [4.69, 9.17) is 5.11 Å². The lowest BCUT2D eigenvalue weighted by molar-refractivity contribution is -0.141. The van der Waals surface area contributed by atoms with Crippen molar-refractivity contribution in [1.29, 1.82) is 0 Å². The molecule has 0 bridgehead atoms. The highest BCUT2D eigenvalue weighted by Gasteiger charge is 2.22. The van der Waals surface area contributed by atoms with Crippen LogP contribution in [0.1, 0.15) is 19.8 Å². The van der Waals surface area contributed by atoms with Crippen LogP contribution < -0.4 is 4.72 Å². The van der Waals surface area contributed by atoms with Crippen LogP contribution in [0, 0.1) is 17.6 Å². The summed E-state index contributed by atoms with van der Waals surface area (Å²) in [5.41, 5.74) is 0. The van der Waals surface area contributed by atoms with Crippen LogP contribution in [0.25, 0.3) is 0 Å². The van der Waals surface area contributed by atoms with Crippen molar-refractivity contribution in [1.82, 2.24) is 4.72 Å². The minimum Gasteiger partial charge on any atom is -0.481 e. The standard InChI is InChI=1S/C12H15F2NO4S/c1-2-3-8(12(16)17)7-15-20(18,19)11-5-9(13)4-10(14)6-11/h4-6,8,15H,2-3,7H2,1H3,(H,16,17). The summed E-state index contributed by atoms with van der Waals surface area (Å²) >= 11 is 0. The van der Waals surface area contributed by atoms with Gasteiger partial charge in [-0.25, -0.2) is 21.9 Å². The maximum atomic E-state index is 13.0. The normalized spacial score (nSPS) is 13.2. The summed E-state index contributed by atoms with van der Waals surface area (Å²) in [5, 5.41) is 8.91. The zero-order valence-corrected chi connectivity index (χ0v) is 11.6. The van der Waals surface area contributed by atoms with Crippen LogP contribution in [0.4, 0.5) is 8.78 Å². The Morgan fingerprint density at radius 2 is 1.85 bits per heavy atom. The van der Waals surface area contributed by atoms with E-state index in [0.29, 0.717) is 31.0 Å². The van der Waals surface area contributed by atoms with Gasteiger partial charge in [-0.2, -0.15) is 0 Å². The van der Waals surface area contributed by atoms with Crippen LogP contribution in [0.3, 0.4) is 0 Å². The molecule has 0 aliphatic carbocycles. The van der Waals surface area contributed by atoms with Crippen molar-refractivity contribution in [2.75, 3.05) is 6.54 Å². The fraction of sp³-hybridized carbons (Fsp3) is 0.417. The van der Waals surface area contributed by atoms with Gasteiger partial charge in [0.15, 0.2) is 0 Å². The Morgan fingerprint density at radius 1 is 1.30 bits per heavy atom. The van der Waals surface area contributed by atoms with Crippen molar-refractivity contribution in [2.24, 2.45) is 5.92 Å². The molecule has 0 aromatic heterocycles. The third kappa shape index (κ3) is 4.53. The number of halogens is 2. The molecule has 0 saturated heterocycles. The van der Waals surface area contributed by atoms with E-state index >= 15 is 0 Å². The number of nitrogens with one attached hydrogen (secondary N) is 1. The van der Waals surface area contributed by atoms with Gasteiger partial charge in [0, 0.05) is 12.6 Å². The zero-order valence-electron chi connectivity index (χ0n) is 10.8. The summed E-state index contributed by atoms with van der Waals surface area (Å²) in [6.07, 6.45) is 0.878. The number of rotatable bonds is 7. The van der Waals surface area contributed by atoms with Crippen molar-refractivity contribution >= 4 is 16.0 Å².